The molecule has 0 aliphatic carbocycles. The molecule has 0 saturated carbocycles. The Labute approximate surface area is 183 Å². The molecular weight excluding hydrogens is 419 g/mol. The summed E-state index contributed by atoms with van der Waals surface area (Å²) in [6, 6.07) is 4.79. The lowest BCUT2D eigenvalue weighted by Gasteiger charge is -2.44. The normalized spacial score (nSPS) is 19.6. The van der Waals surface area contributed by atoms with Gasteiger partial charge in [-0.1, -0.05) is 6.07 Å². The van der Waals surface area contributed by atoms with Crippen LogP contribution < -0.4 is 0 Å². The zero-order valence-electron chi connectivity index (χ0n) is 18.0. The Morgan fingerprint density at radius 1 is 1.31 bits per heavy atom. The van der Waals surface area contributed by atoms with Crippen LogP contribution in [0.15, 0.2) is 36.5 Å². The monoisotopic (exact) mass is 443 g/mol. The van der Waals surface area contributed by atoms with E-state index in [4.69, 9.17) is 5.11 Å². The van der Waals surface area contributed by atoms with Crippen molar-refractivity contribution in [3.63, 3.8) is 0 Å². The van der Waals surface area contributed by atoms with Crippen molar-refractivity contribution >= 4 is 22.9 Å². The van der Waals surface area contributed by atoms with Gasteiger partial charge in [-0.25, -0.2) is 18.0 Å². The summed E-state index contributed by atoms with van der Waals surface area (Å²) in [5.41, 5.74) is 0.781. The highest BCUT2D eigenvalue weighted by molar-refractivity contribution is 5.85. The summed E-state index contributed by atoms with van der Waals surface area (Å²) in [4.78, 5) is 12.6. The summed E-state index contributed by atoms with van der Waals surface area (Å²) < 4.78 is 45.4. The Bertz CT molecular complexity index is 1190. The average molecular weight is 443 g/mol. The molecule has 8 heteroatoms. The Kier molecular flexibility index (Phi) is 5.58. The maximum atomic E-state index is 15.3. The first kappa shape index (κ1) is 22.1. The van der Waals surface area contributed by atoms with Gasteiger partial charge in [-0.05, 0) is 68.2 Å². The van der Waals surface area contributed by atoms with Gasteiger partial charge >= 0.3 is 5.97 Å². The zero-order valence-corrected chi connectivity index (χ0v) is 18.0. The number of carboxylic acids is 1. The molecular formula is C24H24F3N3O2. The molecule has 32 heavy (non-hydrogen) atoms. The quantitative estimate of drug-likeness (QED) is 0.543. The van der Waals surface area contributed by atoms with Crippen molar-refractivity contribution in [2.45, 2.75) is 44.9 Å². The highest BCUT2D eigenvalue weighted by Gasteiger charge is 2.39. The zero-order chi connectivity index (χ0) is 23.2. The van der Waals surface area contributed by atoms with Gasteiger partial charge in [-0.3, -0.25) is 10.00 Å². The first-order valence-corrected chi connectivity index (χ1v) is 10.3. The number of hydrogen-bond acceptors (Lipinski definition) is 3. The number of halogens is 3. The van der Waals surface area contributed by atoms with Crippen molar-refractivity contribution < 1.29 is 23.1 Å². The standard InChI is InChI=1S/C24H24F3N3O2/c1-13-8-16-15(5-6-20-17(16)11-28-29-20)23(30(13)12-24(2,3)27)22-18(25)9-14(10-19(22)26)4-7-21(31)32/h4-7,9-11,13,23H,8,12H2,1-3H3,(H,28,29)(H,31,32)/b7-4+/t13-,23?/m1/s1. The number of nitrogens with zero attached hydrogens (tertiary/aromatic N) is 2. The molecule has 1 aromatic heterocycles. The molecule has 1 aliphatic rings. The van der Waals surface area contributed by atoms with Crippen LogP contribution in [-0.2, 0) is 11.2 Å². The lowest BCUT2D eigenvalue weighted by molar-refractivity contribution is -0.131. The van der Waals surface area contributed by atoms with Gasteiger partial charge in [0.2, 0.25) is 0 Å². The lowest BCUT2D eigenvalue weighted by atomic mass is 9.82. The molecule has 0 saturated heterocycles. The highest BCUT2D eigenvalue weighted by Crippen LogP contribution is 2.43. The lowest BCUT2D eigenvalue weighted by Crippen LogP contribution is -2.48. The minimum atomic E-state index is -1.58. The van der Waals surface area contributed by atoms with Crippen molar-refractivity contribution in [2.75, 3.05) is 6.54 Å². The molecule has 2 atom stereocenters. The van der Waals surface area contributed by atoms with Crippen LogP contribution in [0, 0.1) is 11.6 Å². The number of fused-ring (bicyclic) bond motifs is 3. The Hall–Kier alpha value is -3.13. The molecule has 2 aromatic carbocycles. The van der Waals surface area contributed by atoms with Crippen LogP contribution in [0.5, 0.6) is 0 Å². The Morgan fingerprint density at radius 3 is 2.62 bits per heavy atom. The van der Waals surface area contributed by atoms with Crippen molar-refractivity contribution in [2.24, 2.45) is 0 Å². The number of H-pyrrole nitrogens is 1. The van der Waals surface area contributed by atoms with E-state index in [0.29, 0.717) is 12.0 Å². The number of aromatic amines is 1. The fraction of sp³-hybridized carbons (Fsp3) is 0.333. The van der Waals surface area contributed by atoms with E-state index < -0.39 is 29.3 Å². The van der Waals surface area contributed by atoms with Crippen molar-refractivity contribution in [1.29, 1.82) is 0 Å². The molecule has 1 unspecified atom stereocenters. The number of carboxylic acid groups (broad SMARTS) is 1. The van der Waals surface area contributed by atoms with Crippen LogP contribution in [0.1, 0.15) is 49.1 Å². The van der Waals surface area contributed by atoms with Gasteiger partial charge < -0.3 is 5.11 Å². The summed E-state index contributed by atoms with van der Waals surface area (Å²) in [5.74, 6) is -2.84. The maximum Gasteiger partial charge on any atom is 0.328 e. The smallest absolute Gasteiger partial charge is 0.328 e. The third-order valence-electron chi connectivity index (χ3n) is 5.82. The molecule has 2 heterocycles. The van der Waals surface area contributed by atoms with Crippen LogP contribution in [-0.4, -0.2) is 44.4 Å². The van der Waals surface area contributed by atoms with Crippen LogP contribution in [0.25, 0.3) is 17.0 Å². The molecule has 0 bridgehead atoms. The predicted molar refractivity (Wildman–Crippen MR) is 116 cm³/mol. The second-order valence-electron chi connectivity index (χ2n) is 8.88. The van der Waals surface area contributed by atoms with Crippen LogP contribution in [0.4, 0.5) is 13.2 Å². The summed E-state index contributed by atoms with van der Waals surface area (Å²) in [6.07, 6.45) is 4.23. The first-order chi connectivity index (χ1) is 15.0. The van der Waals surface area contributed by atoms with Gasteiger partial charge in [-0.15, -0.1) is 0 Å². The Balaban J connectivity index is 1.91. The number of benzene rings is 2. The van der Waals surface area contributed by atoms with E-state index in [2.05, 4.69) is 10.2 Å². The van der Waals surface area contributed by atoms with E-state index in [1.54, 1.807) is 11.1 Å². The molecule has 1 aliphatic heterocycles. The summed E-state index contributed by atoms with van der Waals surface area (Å²) in [6.45, 7) is 4.79. The van der Waals surface area contributed by atoms with Gasteiger partial charge in [0, 0.05) is 29.6 Å². The highest BCUT2D eigenvalue weighted by atomic mass is 19.1. The third kappa shape index (κ3) is 4.14. The van der Waals surface area contributed by atoms with E-state index in [0.717, 1.165) is 40.8 Å². The molecule has 0 amide bonds. The van der Waals surface area contributed by atoms with E-state index in [9.17, 15) is 9.18 Å². The van der Waals surface area contributed by atoms with Crippen molar-refractivity contribution in [1.82, 2.24) is 15.1 Å². The number of carbonyl (C=O) groups is 1. The number of aliphatic carboxylic acids is 1. The average Bonchev–Trinajstić information content (AvgIpc) is 3.16. The van der Waals surface area contributed by atoms with Gasteiger partial charge in [0.05, 0.1) is 17.8 Å². The number of alkyl halides is 1. The SMILES string of the molecule is C[C@@H]1Cc2c(ccc3[nH]ncc23)C(c2c(F)cc(/C=C/C(=O)O)cc2F)N1CC(C)(C)F. The van der Waals surface area contributed by atoms with E-state index in [1.165, 1.54) is 13.8 Å². The largest absolute Gasteiger partial charge is 0.478 e. The first-order valence-electron chi connectivity index (χ1n) is 10.3. The second kappa shape index (κ2) is 8.09. The maximum absolute atomic E-state index is 15.3. The van der Waals surface area contributed by atoms with E-state index >= 15 is 8.78 Å². The van der Waals surface area contributed by atoms with Crippen LogP contribution >= 0.6 is 0 Å². The molecule has 0 fully saturated rings. The number of aromatic nitrogens is 2. The topological polar surface area (TPSA) is 69.2 Å². The molecule has 4 rings (SSSR count). The molecule has 2 N–H and O–H groups in total. The van der Waals surface area contributed by atoms with E-state index in [-0.39, 0.29) is 23.7 Å². The summed E-state index contributed by atoms with van der Waals surface area (Å²) in [7, 11) is 0. The van der Waals surface area contributed by atoms with Gasteiger partial charge in [0.1, 0.15) is 17.3 Å². The minimum absolute atomic E-state index is 0.0127. The molecule has 168 valence electrons. The summed E-state index contributed by atoms with van der Waals surface area (Å²) in [5, 5.41) is 16.7. The number of nitrogens with one attached hydrogen (secondary N) is 1. The van der Waals surface area contributed by atoms with Gasteiger partial charge in [-0.2, -0.15) is 5.10 Å². The third-order valence-corrected chi connectivity index (χ3v) is 5.82. The Morgan fingerprint density at radius 2 is 2.00 bits per heavy atom. The van der Waals surface area contributed by atoms with Crippen LogP contribution in [0.2, 0.25) is 0 Å². The van der Waals surface area contributed by atoms with Crippen molar-refractivity contribution in [3.05, 3.63) is 70.4 Å². The van der Waals surface area contributed by atoms with Crippen molar-refractivity contribution in [3.8, 4) is 0 Å². The number of hydrogen-bond donors (Lipinski definition) is 2. The van der Waals surface area contributed by atoms with Crippen LogP contribution in [0.3, 0.4) is 0 Å². The molecule has 0 spiro atoms. The minimum Gasteiger partial charge on any atom is -0.478 e. The van der Waals surface area contributed by atoms with Gasteiger partial charge in [0.25, 0.3) is 0 Å². The second-order valence-corrected chi connectivity index (χ2v) is 8.88. The van der Waals surface area contributed by atoms with Gasteiger partial charge in [0.15, 0.2) is 0 Å². The molecule has 3 aromatic rings. The van der Waals surface area contributed by atoms with E-state index in [1.807, 2.05) is 19.1 Å². The molecule has 5 nitrogen and oxygen atoms in total. The predicted octanol–water partition coefficient (Wildman–Crippen LogP) is 5.02. The fourth-order valence-electron chi connectivity index (χ4n) is 4.55. The molecule has 0 radical (unpaired) electrons. The summed E-state index contributed by atoms with van der Waals surface area (Å²) >= 11 is 0. The fourth-order valence-corrected chi connectivity index (χ4v) is 4.55. The number of rotatable bonds is 5.